The molecule has 11 rings (SSSR count). The number of carbonyl (C=O) groups excluding carboxylic acids is 2. The summed E-state index contributed by atoms with van der Waals surface area (Å²) in [6.07, 6.45) is -117. The zero-order valence-electron chi connectivity index (χ0n) is 68.2. The van der Waals surface area contributed by atoms with Crippen LogP contribution in [0.2, 0.25) is 0 Å². The van der Waals surface area contributed by atoms with Crippen molar-refractivity contribution in [3.8, 4) is 0 Å². The van der Waals surface area contributed by atoms with E-state index in [1.54, 1.807) is 0 Å². The molecule has 0 aromatic rings. The Balaban J connectivity index is 0.962. The van der Waals surface area contributed by atoms with E-state index in [0.717, 1.165) is 13.8 Å². The van der Waals surface area contributed by atoms with Gasteiger partial charge in [0.1, 0.15) is 268 Å². The molecule has 2 amide bonds. The lowest BCUT2D eigenvalue weighted by atomic mass is 9.94. The number of carbonyl (C=O) groups is 2. The van der Waals surface area contributed by atoms with E-state index in [-0.39, 0.29) is 0 Å². The maximum Gasteiger partial charge on any atom is 0.217 e. The third kappa shape index (κ3) is 22.9. The number of aliphatic hydroxyl groups excluding tert-OH is 32. The predicted octanol–water partition coefficient (Wildman–Crippen LogP) is -24.8. The number of aliphatic hydroxyl groups is 32. The third-order valence-corrected chi connectivity index (χ3v) is 23.9. The Bertz CT molecular complexity index is 3410. The van der Waals surface area contributed by atoms with Gasteiger partial charge in [0.15, 0.2) is 69.2 Å². The maximum atomic E-state index is 13.1. The molecular weight excluding hydrogens is 1780 g/mol. The molecule has 11 saturated heterocycles. The summed E-state index contributed by atoms with van der Waals surface area (Å²) in [7, 11) is 0. The second-order valence-electron chi connectivity index (χ2n) is 32.5. The van der Waals surface area contributed by atoms with Crippen LogP contribution in [0.3, 0.4) is 0 Å². The molecule has 11 aliphatic rings. The van der Waals surface area contributed by atoms with E-state index in [9.17, 15) is 173 Å². The summed E-state index contributed by atoms with van der Waals surface area (Å²) in [6, 6.07) is -3.71. The normalized spacial score (nSPS) is 51.4. The van der Waals surface area contributed by atoms with Crippen LogP contribution in [0.15, 0.2) is 0 Å². The van der Waals surface area contributed by atoms with Crippen molar-refractivity contribution in [2.45, 2.75) is 351 Å². The first-order valence-corrected chi connectivity index (χ1v) is 40.9. The van der Waals surface area contributed by atoms with E-state index in [1.807, 2.05) is 0 Å². The molecule has 0 radical (unpaired) electrons. The Kier molecular flexibility index (Phi) is 38.2. The van der Waals surface area contributed by atoms with Crippen LogP contribution in [-0.2, 0) is 114 Å². The summed E-state index contributed by atoms with van der Waals surface area (Å²) in [5.41, 5.74) is 0. The van der Waals surface area contributed by atoms with Gasteiger partial charge < -0.3 is 274 Å². The zero-order valence-corrected chi connectivity index (χ0v) is 68.2. The molecule has 11 fully saturated rings. The highest BCUT2D eigenvalue weighted by Crippen LogP contribution is 2.42. The summed E-state index contributed by atoms with van der Waals surface area (Å²) in [4.78, 5) is 30.0. The quantitative estimate of drug-likeness (QED) is 0.0266. The molecule has 0 saturated carbocycles. The monoisotopic (exact) mass is 1900 g/mol. The predicted molar refractivity (Wildman–Crippen MR) is 389 cm³/mol. The number of nitrogens with two attached hydrogens (primary N) is 1. The largest absolute Gasteiger partial charge is 0.394 e. The Morgan fingerprint density at radius 3 is 0.845 bits per heavy atom. The second-order valence-corrected chi connectivity index (χ2v) is 32.5. The molecule has 0 aliphatic carbocycles. The third-order valence-electron chi connectivity index (χ3n) is 23.9. The zero-order chi connectivity index (χ0) is 94.7. The average molecular weight is 1900 g/mol. The average Bonchev–Trinajstić information content (AvgIpc) is 0.777. The van der Waals surface area contributed by atoms with Gasteiger partial charge in [-0.3, -0.25) is 14.4 Å². The van der Waals surface area contributed by atoms with Gasteiger partial charge in [-0.25, -0.2) is 5.90 Å². The highest BCUT2D eigenvalue weighted by Gasteiger charge is 2.63. The van der Waals surface area contributed by atoms with Crippen LogP contribution >= 0.6 is 0 Å². The number of hydrogen-bond acceptors (Lipinski definition) is 57. The van der Waals surface area contributed by atoms with Crippen molar-refractivity contribution >= 4 is 11.8 Å². The molecule has 0 bridgehead atoms. The van der Waals surface area contributed by atoms with Crippen LogP contribution in [0.4, 0.5) is 0 Å². The van der Waals surface area contributed by atoms with Crippen molar-refractivity contribution in [1.29, 1.82) is 0 Å². The van der Waals surface area contributed by atoms with Gasteiger partial charge in [-0.15, -0.1) is 0 Å². The van der Waals surface area contributed by atoms with Crippen LogP contribution in [0.25, 0.3) is 0 Å². The second kappa shape index (κ2) is 46.5. The number of nitrogens with one attached hydrogen (secondary N) is 2. The molecule has 36 N–H and O–H groups in total. The summed E-state index contributed by atoms with van der Waals surface area (Å²) in [5.74, 6) is 3.47. The molecule has 59 heteroatoms. The molecule has 129 heavy (non-hydrogen) atoms. The van der Waals surface area contributed by atoms with Crippen LogP contribution in [-0.4, -0.2) is 586 Å². The van der Waals surface area contributed by atoms with Crippen molar-refractivity contribution in [2.24, 2.45) is 5.90 Å². The van der Waals surface area contributed by atoms with Gasteiger partial charge in [0.05, 0.1) is 72.7 Å². The molecule has 750 valence electrons. The summed E-state index contributed by atoms with van der Waals surface area (Å²) >= 11 is 0. The smallest absolute Gasteiger partial charge is 0.217 e. The lowest BCUT2D eigenvalue weighted by molar-refractivity contribution is -0.408. The molecular formula is C70H119N3O56. The molecule has 0 unspecified atom stereocenters. The summed E-state index contributed by atoms with van der Waals surface area (Å²) < 4.78 is 124. The Labute approximate surface area is 727 Å². The number of ether oxygens (including phenoxy) is 21. The number of rotatable bonds is 34. The van der Waals surface area contributed by atoms with Crippen molar-refractivity contribution in [3.63, 3.8) is 0 Å². The molecule has 11 aliphatic heterocycles. The van der Waals surface area contributed by atoms with Crippen molar-refractivity contribution in [2.75, 3.05) is 72.7 Å². The maximum absolute atomic E-state index is 13.1. The minimum Gasteiger partial charge on any atom is -0.394 e. The first kappa shape index (κ1) is 106. The van der Waals surface area contributed by atoms with Gasteiger partial charge in [-0.2, -0.15) is 0 Å². The van der Waals surface area contributed by atoms with Crippen LogP contribution in [0.1, 0.15) is 13.8 Å². The summed E-state index contributed by atoms with van der Waals surface area (Å²) in [6.45, 7) is -10.8. The van der Waals surface area contributed by atoms with Crippen LogP contribution in [0, 0.1) is 0 Å². The van der Waals surface area contributed by atoms with Crippen molar-refractivity contribution in [1.82, 2.24) is 10.6 Å². The Hall–Kier alpha value is -3.26. The van der Waals surface area contributed by atoms with E-state index in [0.29, 0.717) is 0 Å². The van der Waals surface area contributed by atoms with Crippen molar-refractivity contribution in [3.05, 3.63) is 0 Å². The first-order chi connectivity index (χ1) is 61.2. The SMILES string of the molecule is CC(=O)N[C@@H]1[C@@H](O)[C@H](O[C@@H]2O[C@H](CO)[C@@H](O[C@@H]3O[C@H](CO[C@H]4O[C@H](CO[C@H]5O[C@H](CO)[C@@H](O)[C@H](O)[C@@H]5O[C@H]5O[C@H](CO)[C@@H](ON)[C@H](O)[C@@H]5O)[C@@H](O)[C@H](O[C@H]5O[C@H](CO)[C@@H](O)[C@H](O)[C@@H]5O[C@H]5O[C@H](CO)[C@@H](O)[C@H](O)[C@@H]5O)[C@@H]4O)[C@@H](O)[C@H](O[C@H]4O[C@H](CO)[C@@H](O)[C@H](O)[C@@H]4O[C@H]4O[C@H](CO)[C@@H](O)[C@H](O)[C@@H]4O[C@H]4O[C@H](CO)[C@@H](O)[C@H](O)[C@@H]4O)[C@@H]3O)[C@H](O)[C@H]2NC(C)=O)[C@@H](CO)O[C@H]1O. The van der Waals surface area contributed by atoms with Gasteiger partial charge in [0.2, 0.25) is 11.8 Å². The lowest BCUT2D eigenvalue weighted by Gasteiger charge is -2.51. The van der Waals surface area contributed by atoms with E-state index in [4.69, 9.17) is 105 Å². The van der Waals surface area contributed by atoms with E-state index < -0.39 is 422 Å². The minimum absolute atomic E-state index is 0.824. The standard InChI is InChI=1S/C70H119N3O56/c1-14(83)72-27-37(93)51(22(9-80)110-60(27)107)121-61-28(73-15(2)84)38(94)52(23(10-81)117-61)122-66-50(106)55(124-69-59(44(100)34(90)20(7-78)115-69)128-70-58(43(99)33(89)21(8-79)116-70)127-64-47(103)40(96)30(86)17(4-75)112-64)36(92)26(120-66)12-108-62-49(105)54(123-68-57(42(98)32(88)19(6-77)114-68)126-63-46(102)39(95)29(85)16(3-74)111-63)35(91)25(119-62)13-109-67-56(41(97)31(87)18(5-76)113-67)125-65-48(104)45(101)53(129-71)24(11-82)118-65/h16-70,74-82,85-107H,3-13,71H2,1-2H3,(H,72,83)(H,73,84)/t16-,17-,18-,19-,20-,21-,22-,23-,24-,25-,26-,27-,28-,29-,30-,31-,32-,33-,34-,35-,36-,37-,38-,39+,40+,41+,42+,43+,44+,45-,46+,47+,48+,49+,50+,51-,52-,53-,54+,55+,56+,57+,58+,59+,60-,61+,62+,63-,64-,65-,66+,67+,68-,69-,70-/m1/s1. The first-order valence-electron chi connectivity index (χ1n) is 40.9. The topological polar surface area (TPSA) is 935 Å². The van der Waals surface area contributed by atoms with Gasteiger partial charge in [-0.05, 0) is 0 Å². The van der Waals surface area contributed by atoms with Gasteiger partial charge in [0.25, 0.3) is 0 Å². The highest BCUT2D eigenvalue weighted by atomic mass is 16.8. The van der Waals surface area contributed by atoms with E-state index >= 15 is 0 Å². The lowest BCUT2D eigenvalue weighted by Crippen LogP contribution is -2.70. The van der Waals surface area contributed by atoms with Gasteiger partial charge in [-0.1, -0.05) is 0 Å². The molecule has 0 aromatic carbocycles. The van der Waals surface area contributed by atoms with Crippen molar-refractivity contribution < 1.29 is 277 Å². The van der Waals surface area contributed by atoms with Crippen LogP contribution < -0.4 is 16.5 Å². The van der Waals surface area contributed by atoms with Gasteiger partial charge >= 0.3 is 0 Å². The molecule has 0 aromatic heterocycles. The molecule has 59 nitrogen and oxygen atoms in total. The molecule has 11 heterocycles. The Morgan fingerprint density at radius 2 is 0.465 bits per heavy atom. The number of hydrogen-bond donors (Lipinski definition) is 35. The number of amides is 2. The molecule has 0 spiro atoms. The van der Waals surface area contributed by atoms with Gasteiger partial charge in [0, 0.05) is 13.8 Å². The fourth-order valence-electron chi connectivity index (χ4n) is 16.6. The van der Waals surface area contributed by atoms with E-state index in [1.165, 1.54) is 0 Å². The summed E-state index contributed by atoms with van der Waals surface area (Å²) in [5, 5.41) is 363. The molecule has 55 atom stereocenters. The highest BCUT2D eigenvalue weighted by molar-refractivity contribution is 5.73. The van der Waals surface area contributed by atoms with Crippen LogP contribution in [0.5, 0.6) is 0 Å². The van der Waals surface area contributed by atoms with E-state index in [2.05, 4.69) is 15.5 Å². The minimum atomic E-state index is -2.69. The fraction of sp³-hybridized carbons (Fsp3) is 0.971. The fourth-order valence-corrected chi connectivity index (χ4v) is 16.6. The Morgan fingerprint density at radius 1 is 0.225 bits per heavy atom.